The molecular formula is C18H21N3OS2. The van der Waals surface area contributed by atoms with Gasteiger partial charge in [0, 0.05) is 41.5 Å². The van der Waals surface area contributed by atoms with Crippen LogP contribution in [0.1, 0.15) is 24.0 Å². The van der Waals surface area contributed by atoms with Crippen molar-refractivity contribution in [3.8, 4) is 11.3 Å². The molecule has 2 N–H and O–H groups in total. The number of nitrogens with one attached hydrogen (secondary N) is 2. The molecule has 2 aromatic rings. The number of thiazole rings is 1. The quantitative estimate of drug-likeness (QED) is 0.879. The Morgan fingerprint density at radius 3 is 3.12 bits per heavy atom. The molecule has 1 saturated heterocycles. The van der Waals surface area contributed by atoms with Gasteiger partial charge in [-0.2, -0.15) is 11.8 Å². The number of nitrogens with zero attached hydrogens (tertiary/aromatic N) is 1. The standard InChI is InChI=1S/C18H21N3OS2/c22-17(9-15-10-23-7-6-19-15)21-18-20-16(11-24-18)14-5-4-12-2-1-3-13(12)8-14/h4-5,8,11,15,19H,1-3,6-7,9-10H2,(H,20,21,22). The van der Waals surface area contributed by atoms with Crippen molar-refractivity contribution in [1.29, 1.82) is 0 Å². The maximum atomic E-state index is 12.2. The Hall–Kier alpha value is -1.37. The first-order valence-corrected chi connectivity index (χ1v) is 10.5. The summed E-state index contributed by atoms with van der Waals surface area (Å²) in [6.45, 7) is 0.988. The van der Waals surface area contributed by atoms with Gasteiger partial charge in [-0.05, 0) is 36.5 Å². The van der Waals surface area contributed by atoms with Crippen molar-refractivity contribution >= 4 is 34.1 Å². The van der Waals surface area contributed by atoms with E-state index in [0.29, 0.717) is 11.6 Å². The van der Waals surface area contributed by atoms with E-state index in [0.717, 1.165) is 29.3 Å². The van der Waals surface area contributed by atoms with Crippen molar-refractivity contribution in [3.63, 3.8) is 0 Å². The van der Waals surface area contributed by atoms with Crippen LogP contribution >= 0.6 is 23.1 Å². The molecule has 126 valence electrons. The fourth-order valence-corrected chi connectivity index (χ4v) is 5.02. The molecule has 4 rings (SSSR count). The number of rotatable bonds is 4. The number of thioether (sulfide) groups is 1. The highest BCUT2D eigenvalue weighted by molar-refractivity contribution is 7.99. The fraction of sp³-hybridized carbons (Fsp3) is 0.444. The van der Waals surface area contributed by atoms with Gasteiger partial charge in [-0.3, -0.25) is 4.79 Å². The second kappa shape index (κ2) is 7.25. The Bertz CT molecular complexity index is 738. The molecule has 0 saturated carbocycles. The van der Waals surface area contributed by atoms with Crippen molar-refractivity contribution < 1.29 is 4.79 Å². The minimum Gasteiger partial charge on any atom is -0.312 e. The number of amides is 1. The highest BCUT2D eigenvalue weighted by Crippen LogP contribution is 2.30. The van der Waals surface area contributed by atoms with E-state index >= 15 is 0 Å². The van der Waals surface area contributed by atoms with Crippen molar-refractivity contribution in [1.82, 2.24) is 10.3 Å². The maximum Gasteiger partial charge on any atom is 0.227 e. The van der Waals surface area contributed by atoms with E-state index in [1.807, 2.05) is 17.1 Å². The lowest BCUT2D eigenvalue weighted by molar-refractivity contribution is -0.116. The van der Waals surface area contributed by atoms with Crippen LogP contribution in [0, 0.1) is 0 Å². The molecule has 4 nitrogen and oxygen atoms in total. The van der Waals surface area contributed by atoms with Gasteiger partial charge in [0.1, 0.15) is 0 Å². The second-order valence-electron chi connectivity index (χ2n) is 6.35. The van der Waals surface area contributed by atoms with Gasteiger partial charge in [-0.25, -0.2) is 4.98 Å². The summed E-state index contributed by atoms with van der Waals surface area (Å²) in [6.07, 6.45) is 4.14. The minimum atomic E-state index is 0.0462. The molecular weight excluding hydrogens is 338 g/mol. The molecule has 1 unspecified atom stereocenters. The molecule has 0 bridgehead atoms. The smallest absolute Gasteiger partial charge is 0.227 e. The largest absolute Gasteiger partial charge is 0.312 e. The van der Waals surface area contributed by atoms with Crippen LogP contribution in [0.4, 0.5) is 5.13 Å². The normalized spacial score (nSPS) is 19.9. The van der Waals surface area contributed by atoms with E-state index in [9.17, 15) is 4.79 Å². The zero-order valence-corrected chi connectivity index (χ0v) is 15.1. The highest BCUT2D eigenvalue weighted by atomic mass is 32.2. The van der Waals surface area contributed by atoms with Gasteiger partial charge in [0.15, 0.2) is 5.13 Å². The summed E-state index contributed by atoms with van der Waals surface area (Å²) in [4.78, 5) is 16.8. The van der Waals surface area contributed by atoms with E-state index in [4.69, 9.17) is 0 Å². The number of aromatic nitrogens is 1. The third-order valence-electron chi connectivity index (χ3n) is 4.58. The number of anilines is 1. The number of hydrogen-bond acceptors (Lipinski definition) is 5. The van der Waals surface area contributed by atoms with Crippen LogP contribution in [0.2, 0.25) is 0 Å². The number of carbonyl (C=O) groups is 1. The molecule has 1 aliphatic heterocycles. The number of benzene rings is 1. The summed E-state index contributed by atoms with van der Waals surface area (Å²) in [7, 11) is 0. The summed E-state index contributed by atoms with van der Waals surface area (Å²) in [5, 5.41) is 9.07. The monoisotopic (exact) mass is 359 g/mol. The second-order valence-corrected chi connectivity index (χ2v) is 8.36. The summed E-state index contributed by atoms with van der Waals surface area (Å²) in [5.41, 5.74) is 5.03. The third kappa shape index (κ3) is 3.66. The molecule has 24 heavy (non-hydrogen) atoms. The molecule has 1 aromatic heterocycles. The molecule has 0 radical (unpaired) electrons. The van der Waals surface area contributed by atoms with E-state index in [1.165, 1.54) is 41.7 Å². The first-order valence-electron chi connectivity index (χ1n) is 8.46. The van der Waals surface area contributed by atoms with Gasteiger partial charge in [0.2, 0.25) is 5.91 Å². The summed E-state index contributed by atoms with van der Waals surface area (Å²) < 4.78 is 0. The zero-order valence-electron chi connectivity index (χ0n) is 13.5. The molecule has 1 aromatic carbocycles. The maximum absolute atomic E-state index is 12.2. The van der Waals surface area contributed by atoms with Crippen LogP contribution in [0.25, 0.3) is 11.3 Å². The average molecular weight is 360 g/mol. The van der Waals surface area contributed by atoms with Gasteiger partial charge >= 0.3 is 0 Å². The SMILES string of the molecule is O=C(CC1CSCCN1)Nc1nc(-c2ccc3c(c2)CCC3)cs1. The fourth-order valence-electron chi connectivity index (χ4n) is 3.34. The van der Waals surface area contributed by atoms with Crippen LogP contribution < -0.4 is 10.6 Å². The zero-order chi connectivity index (χ0) is 16.4. The van der Waals surface area contributed by atoms with Gasteiger partial charge in [-0.15, -0.1) is 11.3 Å². The van der Waals surface area contributed by atoms with Crippen molar-refractivity contribution in [2.45, 2.75) is 31.7 Å². The lowest BCUT2D eigenvalue weighted by atomic mass is 10.1. The van der Waals surface area contributed by atoms with Crippen LogP contribution in [-0.4, -0.2) is 35.0 Å². The molecule has 0 spiro atoms. The van der Waals surface area contributed by atoms with Crippen LogP contribution in [0.15, 0.2) is 23.6 Å². The Kier molecular flexibility index (Phi) is 4.87. The molecule has 1 atom stereocenters. The Morgan fingerprint density at radius 1 is 1.33 bits per heavy atom. The average Bonchev–Trinajstić information content (AvgIpc) is 3.24. The van der Waals surface area contributed by atoms with E-state index in [-0.39, 0.29) is 11.9 Å². The molecule has 1 aliphatic carbocycles. The molecule has 1 fully saturated rings. The predicted octanol–water partition coefficient (Wildman–Crippen LogP) is 3.33. The number of carbonyl (C=O) groups excluding carboxylic acids is 1. The Morgan fingerprint density at radius 2 is 2.25 bits per heavy atom. The Balaban J connectivity index is 1.40. The molecule has 2 heterocycles. The van der Waals surface area contributed by atoms with Crippen molar-refractivity contribution in [3.05, 3.63) is 34.7 Å². The molecule has 2 aliphatic rings. The lowest BCUT2D eigenvalue weighted by Crippen LogP contribution is -2.39. The first kappa shape index (κ1) is 16.1. The van der Waals surface area contributed by atoms with Crippen molar-refractivity contribution in [2.24, 2.45) is 0 Å². The van der Waals surface area contributed by atoms with Gasteiger partial charge in [0.25, 0.3) is 0 Å². The molecule has 1 amide bonds. The first-order chi connectivity index (χ1) is 11.8. The Labute approximate surface area is 150 Å². The minimum absolute atomic E-state index is 0.0462. The summed E-state index contributed by atoms with van der Waals surface area (Å²) in [5.74, 6) is 2.19. The molecule has 6 heteroatoms. The van der Waals surface area contributed by atoms with Gasteiger partial charge in [0.05, 0.1) is 5.69 Å². The summed E-state index contributed by atoms with van der Waals surface area (Å²) >= 11 is 3.41. The predicted molar refractivity (Wildman–Crippen MR) is 102 cm³/mol. The lowest BCUT2D eigenvalue weighted by Gasteiger charge is -2.22. The number of fused-ring (bicyclic) bond motifs is 1. The number of aryl methyl sites for hydroxylation is 2. The van der Waals surface area contributed by atoms with Gasteiger partial charge < -0.3 is 10.6 Å². The van der Waals surface area contributed by atoms with Crippen LogP contribution in [0.3, 0.4) is 0 Å². The topological polar surface area (TPSA) is 54.0 Å². The van der Waals surface area contributed by atoms with Crippen LogP contribution in [-0.2, 0) is 17.6 Å². The van der Waals surface area contributed by atoms with E-state index in [2.05, 4.69) is 33.8 Å². The van der Waals surface area contributed by atoms with Gasteiger partial charge in [-0.1, -0.05) is 12.1 Å². The van der Waals surface area contributed by atoms with Crippen LogP contribution in [0.5, 0.6) is 0 Å². The van der Waals surface area contributed by atoms with Crippen molar-refractivity contribution in [2.75, 3.05) is 23.4 Å². The third-order valence-corrected chi connectivity index (χ3v) is 6.46. The summed E-state index contributed by atoms with van der Waals surface area (Å²) in [6, 6.07) is 6.90. The highest BCUT2D eigenvalue weighted by Gasteiger charge is 2.18. The number of hydrogen-bond donors (Lipinski definition) is 2. The van der Waals surface area contributed by atoms with E-state index < -0.39 is 0 Å². The van der Waals surface area contributed by atoms with E-state index in [1.54, 1.807) is 0 Å².